The number of aromatic nitrogens is 2. The lowest BCUT2D eigenvalue weighted by Crippen LogP contribution is -2.10. The summed E-state index contributed by atoms with van der Waals surface area (Å²) in [6, 6.07) is 58.6. The average Bonchev–Trinajstić information content (AvgIpc) is 3.74. The highest BCUT2D eigenvalue weighted by Crippen LogP contribution is 2.41. The molecule has 2 heterocycles. The van der Waals surface area contributed by atoms with Crippen LogP contribution in [0.2, 0.25) is 0 Å². The normalized spacial score (nSPS) is 11.9. The molecular weight excluding hydrogens is 609 g/mol. The molecule has 0 unspecified atom stereocenters. The van der Waals surface area contributed by atoms with Crippen LogP contribution in [0.5, 0.6) is 0 Å². The Morgan fingerprint density at radius 1 is 0.480 bits per heavy atom. The summed E-state index contributed by atoms with van der Waals surface area (Å²) < 4.78 is 8.44. The van der Waals surface area contributed by atoms with E-state index < -0.39 is 0 Å². The summed E-state index contributed by atoms with van der Waals surface area (Å²) >= 11 is 0. The van der Waals surface area contributed by atoms with E-state index in [1.54, 1.807) is 0 Å². The third-order valence-corrected chi connectivity index (χ3v) is 9.86. The second kappa shape index (κ2) is 11.7. The number of nitrogens with zero attached hydrogens (tertiary/aromatic N) is 2. The summed E-state index contributed by atoms with van der Waals surface area (Å²) in [6.45, 7) is 6.78. The molecule has 3 heteroatoms. The van der Waals surface area contributed by atoms with Crippen LogP contribution in [0.25, 0.3) is 83.4 Å². The van der Waals surface area contributed by atoms with Crippen molar-refractivity contribution in [3.8, 4) is 50.5 Å². The fourth-order valence-electron chi connectivity index (χ4n) is 7.26. The molecule has 50 heavy (non-hydrogen) atoms. The molecule has 240 valence electrons. The molecule has 0 radical (unpaired) electrons. The van der Waals surface area contributed by atoms with Crippen molar-refractivity contribution in [2.45, 2.75) is 26.2 Å². The van der Waals surface area contributed by atoms with Gasteiger partial charge in [-0.15, -0.1) is 0 Å². The number of fused-ring (bicyclic) bond motifs is 4. The Kier molecular flexibility index (Phi) is 7.03. The average molecular weight is 645 g/mol. The van der Waals surface area contributed by atoms with E-state index in [-0.39, 0.29) is 5.41 Å². The van der Waals surface area contributed by atoms with Crippen LogP contribution in [0.4, 0.5) is 0 Å². The lowest BCUT2D eigenvalue weighted by molar-refractivity contribution is 0.590. The van der Waals surface area contributed by atoms with Gasteiger partial charge in [-0.25, -0.2) is 4.98 Å². The van der Waals surface area contributed by atoms with Crippen LogP contribution in [0.15, 0.2) is 168 Å². The zero-order valence-corrected chi connectivity index (χ0v) is 28.4. The Morgan fingerprint density at radius 2 is 1.04 bits per heavy atom. The maximum absolute atomic E-state index is 6.05. The molecule has 0 aliphatic carbocycles. The van der Waals surface area contributed by atoms with Crippen molar-refractivity contribution < 1.29 is 4.42 Å². The first kappa shape index (κ1) is 29.9. The maximum Gasteiger partial charge on any atom is 0.227 e. The molecule has 7 aromatic carbocycles. The number of hydrogen-bond acceptors (Lipinski definition) is 2. The molecule has 0 spiro atoms. The smallest absolute Gasteiger partial charge is 0.227 e. The van der Waals surface area contributed by atoms with Crippen molar-refractivity contribution in [1.29, 1.82) is 0 Å². The van der Waals surface area contributed by atoms with E-state index >= 15 is 0 Å². The predicted molar refractivity (Wildman–Crippen MR) is 209 cm³/mol. The summed E-state index contributed by atoms with van der Waals surface area (Å²) in [6.07, 6.45) is 0. The monoisotopic (exact) mass is 644 g/mol. The highest BCUT2D eigenvalue weighted by molar-refractivity contribution is 6.11. The fourth-order valence-corrected chi connectivity index (χ4v) is 7.26. The molecule has 0 amide bonds. The Morgan fingerprint density at radius 3 is 1.74 bits per heavy atom. The van der Waals surface area contributed by atoms with Crippen LogP contribution < -0.4 is 0 Å². The quantitative estimate of drug-likeness (QED) is 0.187. The van der Waals surface area contributed by atoms with Crippen LogP contribution in [-0.4, -0.2) is 9.55 Å². The second-order valence-corrected chi connectivity index (χ2v) is 14.0. The molecule has 0 aliphatic rings. The summed E-state index contributed by atoms with van der Waals surface area (Å²) in [5.41, 5.74) is 14.8. The lowest BCUT2D eigenvalue weighted by atomic mass is 9.87. The first-order valence-electron chi connectivity index (χ1n) is 17.2. The highest BCUT2D eigenvalue weighted by Gasteiger charge is 2.18. The van der Waals surface area contributed by atoms with Gasteiger partial charge < -0.3 is 8.98 Å². The van der Waals surface area contributed by atoms with Gasteiger partial charge in [-0.3, -0.25) is 0 Å². The van der Waals surface area contributed by atoms with E-state index in [0.717, 1.165) is 22.2 Å². The Labute approximate surface area is 292 Å². The SMILES string of the molecule is CC(C)(C)c1ccc(-n2c3ccccc3c3cc(-c4ccccc4-c4ccccc4-c4ccc(-c5nc6ccccc6o5)cc4)ccc32)cc1. The fraction of sp³-hybridized carbons (Fsp3) is 0.0851. The lowest BCUT2D eigenvalue weighted by Gasteiger charge is -2.19. The number of benzene rings is 7. The van der Waals surface area contributed by atoms with Gasteiger partial charge in [0.1, 0.15) is 5.52 Å². The van der Waals surface area contributed by atoms with Gasteiger partial charge in [-0.2, -0.15) is 0 Å². The Bertz CT molecular complexity index is 2630. The van der Waals surface area contributed by atoms with Crippen LogP contribution in [0.3, 0.4) is 0 Å². The number of hydrogen-bond donors (Lipinski definition) is 0. The van der Waals surface area contributed by atoms with Crippen molar-refractivity contribution in [3.05, 3.63) is 169 Å². The molecule has 9 aromatic rings. The molecular formula is C47H36N2O. The number of oxazole rings is 1. The molecule has 0 aliphatic heterocycles. The number of rotatable bonds is 5. The van der Waals surface area contributed by atoms with Crippen LogP contribution in [0, 0.1) is 0 Å². The van der Waals surface area contributed by atoms with Gasteiger partial charge in [-0.1, -0.05) is 130 Å². The van der Waals surface area contributed by atoms with Gasteiger partial charge in [-0.05, 0) is 99.0 Å². The van der Waals surface area contributed by atoms with Crippen molar-refractivity contribution in [3.63, 3.8) is 0 Å². The van der Waals surface area contributed by atoms with Gasteiger partial charge in [0.25, 0.3) is 0 Å². The van der Waals surface area contributed by atoms with Gasteiger partial charge in [0.05, 0.1) is 11.0 Å². The van der Waals surface area contributed by atoms with E-state index in [1.807, 2.05) is 24.3 Å². The molecule has 9 rings (SSSR count). The Hall–Kier alpha value is -6.19. The first-order chi connectivity index (χ1) is 24.4. The second-order valence-electron chi connectivity index (χ2n) is 14.0. The standard InChI is InChI=1S/C47H36N2O/c1-47(2,3)34-25-27-35(28-26-34)49-43-18-10-8-16-40(43)41-30-33(24-29-44(41)49)37-13-5-7-15-39(37)38-14-6-4-12-36(38)31-20-22-32(23-21-31)46-48-42-17-9-11-19-45(42)50-46/h4-30H,1-3H3. The minimum Gasteiger partial charge on any atom is -0.436 e. The van der Waals surface area contributed by atoms with E-state index in [0.29, 0.717) is 5.89 Å². The molecule has 0 bridgehead atoms. The van der Waals surface area contributed by atoms with Crippen molar-refractivity contribution in [2.24, 2.45) is 0 Å². The van der Waals surface area contributed by atoms with Crippen molar-refractivity contribution >= 4 is 32.9 Å². The van der Waals surface area contributed by atoms with Gasteiger partial charge in [0.2, 0.25) is 5.89 Å². The third kappa shape index (κ3) is 5.10. The summed E-state index contributed by atoms with van der Waals surface area (Å²) in [4.78, 5) is 4.70. The molecule has 0 saturated heterocycles. The van der Waals surface area contributed by atoms with Crippen LogP contribution >= 0.6 is 0 Å². The van der Waals surface area contributed by atoms with Crippen LogP contribution in [0.1, 0.15) is 26.3 Å². The molecule has 3 nitrogen and oxygen atoms in total. The minimum absolute atomic E-state index is 0.108. The van der Waals surface area contributed by atoms with E-state index in [1.165, 1.54) is 60.9 Å². The molecule has 0 saturated carbocycles. The third-order valence-electron chi connectivity index (χ3n) is 9.86. The minimum atomic E-state index is 0.108. The molecule has 0 N–H and O–H groups in total. The predicted octanol–water partition coefficient (Wildman–Crippen LogP) is 12.9. The largest absolute Gasteiger partial charge is 0.436 e. The highest BCUT2D eigenvalue weighted by atomic mass is 16.3. The summed E-state index contributed by atoms with van der Waals surface area (Å²) in [5.74, 6) is 0.634. The van der Waals surface area contributed by atoms with E-state index in [4.69, 9.17) is 9.40 Å². The van der Waals surface area contributed by atoms with Crippen molar-refractivity contribution in [1.82, 2.24) is 9.55 Å². The van der Waals surface area contributed by atoms with Gasteiger partial charge >= 0.3 is 0 Å². The van der Waals surface area contributed by atoms with E-state index in [2.05, 4.69) is 165 Å². The topological polar surface area (TPSA) is 31.0 Å². The first-order valence-corrected chi connectivity index (χ1v) is 17.2. The van der Waals surface area contributed by atoms with Gasteiger partial charge in [0.15, 0.2) is 5.58 Å². The zero-order chi connectivity index (χ0) is 33.8. The van der Waals surface area contributed by atoms with Crippen LogP contribution in [-0.2, 0) is 5.41 Å². The summed E-state index contributed by atoms with van der Waals surface area (Å²) in [7, 11) is 0. The molecule has 0 atom stereocenters. The zero-order valence-electron chi connectivity index (χ0n) is 28.4. The molecule has 0 fully saturated rings. The molecule has 2 aromatic heterocycles. The number of para-hydroxylation sites is 3. The van der Waals surface area contributed by atoms with Crippen molar-refractivity contribution in [2.75, 3.05) is 0 Å². The summed E-state index contributed by atoms with van der Waals surface area (Å²) in [5, 5.41) is 2.50. The van der Waals surface area contributed by atoms with E-state index in [9.17, 15) is 0 Å². The van der Waals surface area contributed by atoms with Gasteiger partial charge in [0, 0.05) is 22.0 Å². The maximum atomic E-state index is 6.05. The Balaban J connectivity index is 1.13.